The molecule has 212 valence electrons. The molecule has 37 heavy (non-hydrogen) atoms. The average molecular weight is 527 g/mol. The Morgan fingerprint density at radius 1 is 0.378 bits per heavy atom. The molecule has 14 nitrogen and oxygen atoms in total. The van der Waals surface area contributed by atoms with Crippen LogP contribution in [0.15, 0.2) is 0 Å². The summed E-state index contributed by atoms with van der Waals surface area (Å²) in [6.07, 6.45) is 0.780. The second kappa shape index (κ2) is 16.5. The molecule has 0 aromatic rings. The molecule has 2 fully saturated rings. The molecule has 2 aliphatic heterocycles. The molecule has 0 spiro atoms. The molecule has 0 aliphatic carbocycles. The fraction of sp³-hybridized carbons (Fsp3) is 0.826. The molecule has 0 bridgehead atoms. The third kappa shape index (κ3) is 13.7. The van der Waals surface area contributed by atoms with E-state index in [1.807, 2.05) is 0 Å². The van der Waals surface area contributed by atoms with Gasteiger partial charge in [0.2, 0.25) is 0 Å². The van der Waals surface area contributed by atoms with E-state index in [-0.39, 0.29) is 26.2 Å². The van der Waals surface area contributed by atoms with E-state index in [0.29, 0.717) is 91.6 Å². The van der Waals surface area contributed by atoms with Crippen molar-refractivity contribution >= 4 is 23.9 Å². The molecule has 0 aromatic heterocycles. The van der Waals surface area contributed by atoms with Crippen LogP contribution in [0.1, 0.15) is 6.42 Å². The number of carboxylic acids is 4. The normalized spacial score (nSPS) is 21.2. The minimum absolute atomic E-state index is 0.217. The summed E-state index contributed by atoms with van der Waals surface area (Å²) < 4.78 is 0. The summed E-state index contributed by atoms with van der Waals surface area (Å²) in [5.74, 6) is -4.70. The Bertz CT molecular complexity index is 641. The Balaban J connectivity index is 1.94. The van der Waals surface area contributed by atoms with E-state index < -0.39 is 23.9 Å². The average Bonchev–Trinajstić information content (AvgIpc) is 2.94. The topological polar surface area (TPSA) is 180 Å². The van der Waals surface area contributed by atoms with Crippen molar-refractivity contribution in [2.24, 2.45) is 0 Å². The Kier molecular flexibility index (Phi) is 13.7. The summed E-state index contributed by atoms with van der Waals surface area (Å²) in [7, 11) is 0. The van der Waals surface area contributed by atoms with E-state index >= 15 is 0 Å². The molecule has 0 unspecified atom stereocenters. The Morgan fingerprint density at radius 2 is 0.568 bits per heavy atom. The van der Waals surface area contributed by atoms with Crippen LogP contribution in [0.25, 0.3) is 0 Å². The summed E-state index contributed by atoms with van der Waals surface area (Å²) in [5.41, 5.74) is 0. The van der Waals surface area contributed by atoms with Gasteiger partial charge in [0.05, 0.1) is 23.9 Å². The number of aliphatic carboxylic acids is 4. The van der Waals surface area contributed by atoms with Gasteiger partial charge >= 0.3 is 0 Å². The van der Waals surface area contributed by atoms with Gasteiger partial charge in [-0.1, -0.05) is 0 Å². The van der Waals surface area contributed by atoms with E-state index in [9.17, 15) is 39.6 Å². The summed E-state index contributed by atoms with van der Waals surface area (Å²) >= 11 is 0. The fourth-order valence-corrected chi connectivity index (χ4v) is 4.70. The van der Waals surface area contributed by atoms with Crippen LogP contribution in [0.3, 0.4) is 0 Å². The lowest BCUT2D eigenvalue weighted by atomic mass is 10.3. The van der Waals surface area contributed by atoms with Crippen LogP contribution >= 0.6 is 0 Å². The van der Waals surface area contributed by atoms with Gasteiger partial charge in [-0.2, -0.15) is 0 Å². The van der Waals surface area contributed by atoms with Gasteiger partial charge in [0, 0.05) is 105 Å². The molecule has 2 heterocycles. The van der Waals surface area contributed by atoms with Crippen molar-refractivity contribution in [3.05, 3.63) is 0 Å². The monoisotopic (exact) mass is 526 g/mol. The van der Waals surface area contributed by atoms with Crippen molar-refractivity contribution in [3.63, 3.8) is 0 Å². The third-order valence-corrected chi connectivity index (χ3v) is 6.75. The van der Waals surface area contributed by atoms with Crippen molar-refractivity contribution in [1.29, 1.82) is 0 Å². The van der Waals surface area contributed by atoms with Crippen LogP contribution in [0.4, 0.5) is 0 Å². The highest BCUT2D eigenvalue weighted by molar-refractivity contribution is 5.67. The highest BCUT2D eigenvalue weighted by Crippen LogP contribution is 2.05. The first-order valence-electron chi connectivity index (χ1n) is 12.7. The molecule has 2 rings (SSSR count). The predicted molar refractivity (Wildman–Crippen MR) is 123 cm³/mol. The summed E-state index contributed by atoms with van der Waals surface area (Å²) in [5, 5.41) is 44.4. The molecule has 2 saturated heterocycles. The van der Waals surface area contributed by atoms with Crippen molar-refractivity contribution in [2.45, 2.75) is 6.42 Å². The Labute approximate surface area is 217 Å². The first-order chi connectivity index (χ1) is 17.6. The minimum atomic E-state index is -1.18. The number of hydrogen-bond acceptors (Lipinski definition) is 14. The molecular formula is C23H38N6O8-4. The zero-order valence-corrected chi connectivity index (χ0v) is 21.4. The first-order valence-corrected chi connectivity index (χ1v) is 12.7. The second-order valence-electron chi connectivity index (χ2n) is 9.63. The lowest BCUT2D eigenvalue weighted by molar-refractivity contribution is -0.308. The lowest BCUT2D eigenvalue weighted by Gasteiger charge is -2.29. The molecule has 0 atom stereocenters. The molecule has 0 N–H and O–H groups in total. The number of rotatable bonds is 12. The minimum Gasteiger partial charge on any atom is -0.549 e. The van der Waals surface area contributed by atoms with Gasteiger partial charge < -0.3 is 49.4 Å². The van der Waals surface area contributed by atoms with Crippen molar-refractivity contribution in [1.82, 2.24) is 29.4 Å². The summed E-state index contributed by atoms with van der Waals surface area (Å²) in [6.45, 7) is 6.85. The highest BCUT2D eigenvalue weighted by Gasteiger charge is 2.19. The van der Waals surface area contributed by atoms with Gasteiger partial charge in [-0.15, -0.1) is 0 Å². The van der Waals surface area contributed by atoms with Gasteiger partial charge in [0.1, 0.15) is 0 Å². The Morgan fingerprint density at radius 3 is 0.757 bits per heavy atom. The van der Waals surface area contributed by atoms with E-state index in [2.05, 4.69) is 9.80 Å². The lowest BCUT2D eigenvalue weighted by Crippen LogP contribution is -2.45. The van der Waals surface area contributed by atoms with Gasteiger partial charge in [-0.25, -0.2) is 0 Å². The molecular weight excluding hydrogens is 488 g/mol. The number of carboxylic acid groups (broad SMARTS) is 4. The van der Waals surface area contributed by atoms with Crippen LogP contribution in [-0.4, -0.2) is 171 Å². The maximum atomic E-state index is 11.1. The summed E-state index contributed by atoms with van der Waals surface area (Å²) in [4.78, 5) is 55.8. The largest absolute Gasteiger partial charge is 0.549 e. The van der Waals surface area contributed by atoms with Crippen LogP contribution in [0.2, 0.25) is 0 Å². The standard InChI is InChI=1S/C23H42N6O8/c30-20(31)16-26-8-4-24(5-9-27(13-12-26)17-21(32)33)2-1-3-25-6-10-28(18-22(34)35)14-15-29(11-7-25)19-23(36)37/h1-19H2,(H,30,31)(H,32,33)(H,34,35)(H,36,37)/p-4. The zero-order valence-electron chi connectivity index (χ0n) is 21.4. The fourth-order valence-electron chi connectivity index (χ4n) is 4.70. The van der Waals surface area contributed by atoms with Crippen LogP contribution in [0.5, 0.6) is 0 Å². The van der Waals surface area contributed by atoms with Gasteiger partial charge in [0.25, 0.3) is 0 Å². The SMILES string of the molecule is O=C([O-])CN1CCN(CCCN2CCN(CC(=O)[O-])CCN(CC(=O)[O-])CC2)CCN(CC(=O)[O-])CC1. The summed E-state index contributed by atoms with van der Waals surface area (Å²) in [6, 6.07) is 0. The smallest absolute Gasteiger partial charge is 0.0555 e. The van der Waals surface area contributed by atoms with Crippen LogP contribution < -0.4 is 20.4 Å². The highest BCUT2D eigenvalue weighted by atomic mass is 16.4. The quantitative estimate of drug-likeness (QED) is 0.234. The van der Waals surface area contributed by atoms with Crippen LogP contribution in [0, 0.1) is 0 Å². The van der Waals surface area contributed by atoms with E-state index in [0.717, 1.165) is 6.42 Å². The molecule has 0 amide bonds. The molecule has 2 aliphatic rings. The molecule has 0 radical (unpaired) electrons. The van der Waals surface area contributed by atoms with Gasteiger partial charge in [-0.05, 0) is 19.5 Å². The van der Waals surface area contributed by atoms with Gasteiger partial charge in [0.15, 0.2) is 0 Å². The van der Waals surface area contributed by atoms with Crippen molar-refractivity contribution < 1.29 is 39.6 Å². The molecule has 0 saturated carbocycles. The van der Waals surface area contributed by atoms with Crippen molar-refractivity contribution in [3.8, 4) is 0 Å². The third-order valence-electron chi connectivity index (χ3n) is 6.75. The molecule has 14 heteroatoms. The van der Waals surface area contributed by atoms with Gasteiger partial charge in [-0.3, -0.25) is 19.6 Å². The van der Waals surface area contributed by atoms with E-state index in [1.165, 1.54) is 0 Å². The number of carbonyl (C=O) groups is 4. The maximum absolute atomic E-state index is 11.1. The number of carbonyl (C=O) groups excluding carboxylic acids is 4. The van der Waals surface area contributed by atoms with E-state index in [1.54, 1.807) is 19.6 Å². The van der Waals surface area contributed by atoms with Crippen molar-refractivity contribution in [2.75, 3.05) is 118 Å². The Hall–Kier alpha value is -2.36. The number of nitrogens with zero attached hydrogens (tertiary/aromatic N) is 6. The number of hydrogen-bond donors (Lipinski definition) is 0. The first kappa shape index (κ1) is 30.9. The van der Waals surface area contributed by atoms with E-state index in [4.69, 9.17) is 0 Å². The zero-order chi connectivity index (χ0) is 27.2. The second-order valence-corrected chi connectivity index (χ2v) is 9.63. The maximum Gasteiger partial charge on any atom is 0.0555 e. The molecule has 0 aromatic carbocycles. The van der Waals surface area contributed by atoms with Crippen LogP contribution in [-0.2, 0) is 19.2 Å². The predicted octanol–water partition coefficient (Wildman–Crippen LogP) is -7.78.